The van der Waals surface area contributed by atoms with Crippen LogP contribution in [0.15, 0.2) is 61.4 Å². The lowest BCUT2D eigenvalue weighted by molar-refractivity contribution is -0.116. The minimum atomic E-state index is -0.177. The Morgan fingerprint density at radius 3 is 2.57 bits per heavy atom. The van der Waals surface area contributed by atoms with Crippen molar-refractivity contribution in [3.8, 4) is 0 Å². The molecule has 1 amide bonds. The zero-order chi connectivity index (χ0) is 14.9. The normalized spacial score (nSPS) is 9.90. The molecule has 0 bridgehead atoms. The van der Waals surface area contributed by atoms with Crippen molar-refractivity contribution in [1.29, 1.82) is 0 Å². The summed E-state index contributed by atoms with van der Waals surface area (Å²) in [4.78, 5) is 21.8. The standard InChI is InChI=1S/C16H18N4O/c1-2-15(21)17-11-12-20(16-18-9-6-10-19-16)13-14-7-4-3-5-8-14/h2-10H,1,11-13H2,(H,17,21). The molecular weight excluding hydrogens is 264 g/mol. The minimum absolute atomic E-state index is 0.177. The summed E-state index contributed by atoms with van der Waals surface area (Å²) in [5.41, 5.74) is 1.17. The highest BCUT2D eigenvalue weighted by atomic mass is 16.1. The van der Waals surface area contributed by atoms with Crippen molar-refractivity contribution in [2.75, 3.05) is 18.0 Å². The van der Waals surface area contributed by atoms with Crippen molar-refractivity contribution >= 4 is 11.9 Å². The van der Waals surface area contributed by atoms with E-state index < -0.39 is 0 Å². The molecule has 2 rings (SSSR count). The molecule has 1 aromatic carbocycles. The third-order valence-corrected chi connectivity index (χ3v) is 2.92. The number of rotatable bonds is 7. The highest BCUT2D eigenvalue weighted by molar-refractivity contribution is 5.86. The molecule has 0 saturated heterocycles. The molecule has 0 atom stereocenters. The van der Waals surface area contributed by atoms with E-state index >= 15 is 0 Å². The van der Waals surface area contributed by atoms with Crippen LogP contribution in [0.1, 0.15) is 5.56 Å². The SMILES string of the molecule is C=CC(=O)NCCN(Cc1ccccc1)c1ncccn1. The Morgan fingerprint density at radius 1 is 1.19 bits per heavy atom. The van der Waals surface area contributed by atoms with Gasteiger partial charge in [0.1, 0.15) is 0 Å². The predicted octanol–water partition coefficient (Wildman–Crippen LogP) is 1.79. The molecule has 5 heteroatoms. The van der Waals surface area contributed by atoms with E-state index in [-0.39, 0.29) is 5.91 Å². The number of nitrogens with zero attached hydrogens (tertiary/aromatic N) is 3. The van der Waals surface area contributed by atoms with E-state index in [1.807, 2.05) is 23.1 Å². The van der Waals surface area contributed by atoms with E-state index in [0.717, 1.165) is 0 Å². The van der Waals surface area contributed by atoms with Gasteiger partial charge in [-0.05, 0) is 17.7 Å². The van der Waals surface area contributed by atoms with Gasteiger partial charge in [-0.2, -0.15) is 0 Å². The Hall–Kier alpha value is -2.69. The smallest absolute Gasteiger partial charge is 0.243 e. The number of carbonyl (C=O) groups is 1. The third kappa shape index (κ3) is 4.72. The fourth-order valence-electron chi connectivity index (χ4n) is 1.89. The molecule has 0 saturated carbocycles. The lowest BCUT2D eigenvalue weighted by Crippen LogP contribution is -2.34. The number of aromatic nitrogens is 2. The first kappa shape index (κ1) is 14.7. The summed E-state index contributed by atoms with van der Waals surface area (Å²) in [5, 5.41) is 2.76. The molecular formula is C16H18N4O. The summed E-state index contributed by atoms with van der Waals surface area (Å²) >= 11 is 0. The number of anilines is 1. The number of amides is 1. The topological polar surface area (TPSA) is 58.1 Å². The summed E-state index contributed by atoms with van der Waals surface area (Å²) < 4.78 is 0. The van der Waals surface area contributed by atoms with Gasteiger partial charge in [-0.3, -0.25) is 4.79 Å². The molecule has 1 aromatic heterocycles. The van der Waals surface area contributed by atoms with Crippen LogP contribution in [0.5, 0.6) is 0 Å². The lowest BCUT2D eigenvalue weighted by Gasteiger charge is -2.22. The Balaban J connectivity index is 2.04. The van der Waals surface area contributed by atoms with E-state index in [0.29, 0.717) is 25.6 Å². The van der Waals surface area contributed by atoms with Gasteiger partial charge in [0.05, 0.1) is 0 Å². The summed E-state index contributed by atoms with van der Waals surface area (Å²) in [7, 11) is 0. The van der Waals surface area contributed by atoms with Gasteiger partial charge in [0, 0.05) is 32.0 Å². The van der Waals surface area contributed by atoms with Gasteiger partial charge in [0.2, 0.25) is 11.9 Å². The summed E-state index contributed by atoms with van der Waals surface area (Å²) in [5.74, 6) is 0.470. The maximum absolute atomic E-state index is 11.2. The number of carbonyl (C=O) groups excluding carboxylic acids is 1. The van der Waals surface area contributed by atoms with Crippen LogP contribution in [-0.2, 0) is 11.3 Å². The zero-order valence-corrected chi connectivity index (χ0v) is 11.8. The van der Waals surface area contributed by atoms with Crippen LogP contribution in [0.3, 0.4) is 0 Å². The molecule has 108 valence electrons. The molecule has 0 unspecified atom stereocenters. The highest BCUT2D eigenvalue weighted by Crippen LogP contribution is 2.10. The van der Waals surface area contributed by atoms with Crippen molar-refractivity contribution < 1.29 is 4.79 Å². The van der Waals surface area contributed by atoms with Crippen LogP contribution < -0.4 is 10.2 Å². The van der Waals surface area contributed by atoms with Gasteiger partial charge in [-0.1, -0.05) is 36.9 Å². The fourth-order valence-corrected chi connectivity index (χ4v) is 1.89. The second kappa shape index (κ2) is 7.79. The van der Waals surface area contributed by atoms with Crippen molar-refractivity contribution in [1.82, 2.24) is 15.3 Å². The maximum Gasteiger partial charge on any atom is 0.243 e. The van der Waals surface area contributed by atoms with Crippen LogP contribution in [0.4, 0.5) is 5.95 Å². The van der Waals surface area contributed by atoms with Crippen molar-refractivity contribution in [3.05, 3.63) is 67.0 Å². The fraction of sp³-hybridized carbons (Fsp3) is 0.188. The Kier molecular flexibility index (Phi) is 5.46. The number of nitrogens with one attached hydrogen (secondary N) is 1. The van der Waals surface area contributed by atoms with Gasteiger partial charge in [-0.25, -0.2) is 9.97 Å². The molecule has 0 fully saturated rings. The number of hydrogen-bond donors (Lipinski definition) is 1. The minimum Gasteiger partial charge on any atom is -0.351 e. The average Bonchev–Trinajstić information content (AvgIpc) is 2.55. The maximum atomic E-state index is 11.2. The summed E-state index contributed by atoms with van der Waals surface area (Å²) in [6, 6.07) is 11.9. The summed E-state index contributed by atoms with van der Waals surface area (Å²) in [6.07, 6.45) is 4.69. The quantitative estimate of drug-likeness (QED) is 0.787. The predicted molar refractivity (Wildman–Crippen MR) is 82.7 cm³/mol. The van der Waals surface area contributed by atoms with Crippen LogP contribution in [0.25, 0.3) is 0 Å². The molecule has 0 spiro atoms. The van der Waals surface area contributed by atoms with E-state index in [1.54, 1.807) is 18.5 Å². The first-order chi connectivity index (χ1) is 10.3. The summed E-state index contributed by atoms with van der Waals surface area (Å²) in [6.45, 7) is 5.26. The van der Waals surface area contributed by atoms with Gasteiger partial charge in [-0.15, -0.1) is 0 Å². The monoisotopic (exact) mass is 282 g/mol. The van der Waals surface area contributed by atoms with Crippen molar-refractivity contribution in [2.45, 2.75) is 6.54 Å². The molecule has 2 aromatic rings. The first-order valence-corrected chi connectivity index (χ1v) is 6.76. The van der Waals surface area contributed by atoms with E-state index in [9.17, 15) is 4.79 Å². The highest BCUT2D eigenvalue weighted by Gasteiger charge is 2.09. The van der Waals surface area contributed by atoms with Crippen LogP contribution >= 0.6 is 0 Å². The van der Waals surface area contributed by atoms with Gasteiger partial charge in [0.25, 0.3) is 0 Å². The second-order valence-electron chi connectivity index (χ2n) is 4.45. The first-order valence-electron chi connectivity index (χ1n) is 6.76. The lowest BCUT2D eigenvalue weighted by atomic mass is 10.2. The van der Waals surface area contributed by atoms with Crippen LogP contribution in [-0.4, -0.2) is 29.0 Å². The van der Waals surface area contributed by atoms with Gasteiger partial charge >= 0.3 is 0 Å². The van der Waals surface area contributed by atoms with Crippen molar-refractivity contribution in [2.24, 2.45) is 0 Å². The zero-order valence-electron chi connectivity index (χ0n) is 11.8. The largest absolute Gasteiger partial charge is 0.351 e. The van der Waals surface area contributed by atoms with Gasteiger partial charge < -0.3 is 10.2 Å². The molecule has 21 heavy (non-hydrogen) atoms. The molecule has 0 aliphatic carbocycles. The molecule has 1 heterocycles. The number of hydrogen-bond acceptors (Lipinski definition) is 4. The molecule has 0 aliphatic heterocycles. The molecule has 1 N–H and O–H groups in total. The average molecular weight is 282 g/mol. The molecule has 5 nitrogen and oxygen atoms in total. The van der Waals surface area contributed by atoms with E-state index in [4.69, 9.17) is 0 Å². The third-order valence-electron chi connectivity index (χ3n) is 2.92. The Bertz CT molecular complexity index is 571. The number of benzene rings is 1. The Labute approximate surface area is 124 Å². The van der Waals surface area contributed by atoms with Crippen LogP contribution in [0, 0.1) is 0 Å². The van der Waals surface area contributed by atoms with Crippen molar-refractivity contribution in [3.63, 3.8) is 0 Å². The van der Waals surface area contributed by atoms with Crippen LogP contribution in [0.2, 0.25) is 0 Å². The second-order valence-corrected chi connectivity index (χ2v) is 4.45. The molecule has 0 radical (unpaired) electrons. The van der Waals surface area contributed by atoms with E-state index in [2.05, 4.69) is 34.0 Å². The Morgan fingerprint density at radius 2 is 1.90 bits per heavy atom. The van der Waals surface area contributed by atoms with Gasteiger partial charge in [0.15, 0.2) is 0 Å². The van der Waals surface area contributed by atoms with E-state index in [1.165, 1.54) is 11.6 Å². The molecule has 0 aliphatic rings.